The number of hydrogen-bond donors (Lipinski definition) is 0. The molecule has 3 nitrogen and oxygen atoms in total. The predicted molar refractivity (Wildman–Crippen MR) is 120 cm³/mol. The highest BCUT2D eigenvalue weighted by Gasteiger charge is 2.19. The zero-order valence-corrected chi connectivity index (χ0v) is 18.1. The van der Waals surface area contributed by atoms with E-state index in [0.717, 1.165) is 29.6 Å². The third kappa shape index (κ3) is 5.35. The van der Waals surface area contributed by atoms with Crippen LogP contribution in [0.3, 0.4) is 0 Å². The Morgan fingerprint density at radius 2 is 0.931 bits per heavy atom. The lowest BCUT2D eigenvalue weighted by Crippen LogP contribution is -1.98. The number of rotatable bonds is 7. The second-order valence-corrected chi connectivity index (χ2v) is 9.10. The molecule has 0 radical (unpaired) electrons. The van der Waals surface area contributed by atoms with Gasteiger partial charge in [-0.3, -0.25) is 0 Å². The molecule has 0 amide bonds. The van der Waals surface area contributed by atoms with Crippen LogP contribution >= 0.6 is 35.3 Å². The number of nitrogens with zero attached hydrogens (tertiary/aromatic N) is 2. The highest BCUT2D eigenvalue weighted by atomic mass is 32.2. The van der Waals surface area contributed by atoms with Gasteiger partial charge < -0.3 is 4.74 Å². The van der Waals surface area contributed by atoms with Crippen molar-refractivity contribution in [3.63, 3.8) is 0 Å². The van der Waals surface area contributed by atoms with Gasteiger partial charge in [-0.25, -0.2) is 0 Å². The highest BCUT2D eigenvalue weighted by molar-refractivity contribution is 8.03. The summed E-state index contributed by atoms with van der Waals surface area (Å²) in [6.45, 7) is 0. The van der Waals surface area contributed by atoms with Crippen LogP contribution in [0, 0.1) is 0 Å². The lowest BCUT2D eigenvalue weighted by Gasteiger charge is -2.14. The van der Waals surface area contributed by atoms with Crippen molar-refractivity contribution in [2.45, 2.75) is 29.6 Å². The molecular formula is C23H18N2OS3. The molecular weight excluding hydrogens is 416 g/mol. The summed E-state index contributed by atoms with van der Waals surface area (Å²) in [5.41, 5.74) is 0. The zero-order valence-electron chi connectivity index (χ0n) is 15.7. The molecule has 4 rings (SSSR count). The summed E-state index contributed by atoms with van der Waals surface area (Å²) in [7, 11) is 1.60. The first-order valence-corrected chi connectivity index (χ1v) is 11.4. The van der Waals surface area contributed by atoms with Gasteiger partial charge in [-0.15, -0.1) is 0 Å². The SMILES string of the molecule is COc1nc(Sc2ccccc2)c(Sc2ccccc2)c(Sc2ccccc2)n1. The molecule has 4 aromatic rings. The van der Waals surface area contributed by atoms with Gasteiger partial charge in [-0.05, 0) is 36.4 Å². The summed E-state index contributed by atoms with van der Waals surface area (Å²) in [5, 5.41) is 1.77. The van der Waals surface area contributed by atoms with Gasteiger partial charge >= 0.3 is 6.01 Å². The highest BCUT2D eigenvalue weighted by Crippen LogP contribution is 2.44. The summed E-state index contributed by atoms with van der Waals surface area (Å²) >= 11 is 4.92. The lowest BCUT2D eigenvalue weighted by molar-refractivity contribution is 0.369. The summed E-state index contributed by atoms with van der Waals surface area (Å²) < 4.78 is 5.42. The van der Waals surface area contributed by atoms with Crippen LogP contribution in [0.2, 0.25) is 0 Å². The summed E-state index contributed by atoms with van der Waals surface area (Å²) in [6, 6.07) is 31.2. The van der Waals surface area contributed by atoms with Gasteiger partial charge in [0.15, 0.2) is 0 Å². The molecule has 0 saturated heterocycles. The average Bonchev–Trinajstić information content (AvgIpc) is 2.78. The first-order chi connectivity index (χ1) is 14.3. The van der Waals surface area contributed by atoms with Crippen molar-refractivity contribution in [3.8, 4) is 6.01 Å². The molecule has 144 valence electrons. The van der Waals surface area contributed by atoms with Crippen molar-refractivity contribution in [1.29, 1.82) is 0 Å². The first kappa shape index (κ1) is 19.9. The molecule has 0 aliphatic rings. The standard InChI is InChI=1S/C23H18N2OS3/c1-26-23-24-21(28-18-13-7-3-8-14-18)20(27-17-11-5-2-6-12-17)22(25-23)29-19-15-9-4-10-16-19/h2-16H,1H3. The maximum Gasteiger partial charge on any atom is 0.318 e. The molecule has 0 bridgehead atoms. The summed E-state index contributed by atoms with van der Waals surface area (Å²) in [5.74, 6) is 0. The third-order valence-electron chi connectivity index (χ3n) is 3.84. The van der Waals surface area contributed by atoms with Crippen molar-refractivity contribution in [3.05, 3.63) is 91.0 Å². The van der Waals surface area contributed by atoms with E-state index in [0.29, 0.717) is 6.01 Å². The molecule has 1 aromatic heterocycles. The Balaban J connectivity index is 1.79. The molecule has 0 aliphatic heterocycles. The zero-order chi connectivity index (χ0) is 19.9. The van der Waals surface area contributed by atoms with E-state index in [-0.39, 0.29) is 0 Å². The Kier molecular flexibility index (Phi) is 6.77. The van der Waals surface area contributed by atoms with Crippen LogP contribution in [0.4, 0.5) is 0 Å². The smallest absolute Gasteiger partial charge is 0.318 e. The fraction of sp³-hybridized carbons (Fsp3) is 0.0435. The van der Waals surface area contributed by atoms with Crippen LogP contribution < -0.4 is 4.74 Å². The minimum absolute atomic E-state index is 0.374. The molecule has 1 heterocycles. The molecule has 0 fully saturated rings. The molecule has 3 aromatic carbocycles. The third-order valence-corrected chi connectivity index (χ3v) is 7.19. The molecule has 0 N–H and O–H groups in total. The van der Waals surface area contributed by atoms with E-state index in [9.17, 15) is 0 Å². The van der Waals surface area contributed by atoms with Gasteiger partial charge in [0, 0.05) is 14.7 Å². The van der Waals surface area contributed by atoms with E-state index in [4.69, 9.17) is 4.74 Å². The Morgan fingerprint density at radius 1 is 0.552 bits per heavy atom. The number of benzene rings is 3. The predicted octanol–water partition coefficient (Wildman–Crippen LogP) is 6.94. The van der Waals surface area contributed by atoms with E-state index in [1.807, 2.05) is 54.6 Å². The molecule has 29 heavy (non-hydrogen) atoms. The minimum atomic E-state index is 0.374. The quantitative estimate of drug-likeness (QED) is 0.293. The van der Waals surface area contributed by atoms with Gasteiger partial charge in [-0.2, -0.15) is 9.97 Å². The number of methoxy groups -OCH3 is 1. The minimum Gasteiger partial charge on any atom is -0.467 e. The van der Waals surface area contributed by atoms with Crippen molar-refractivity contribution in [2.75, 3.05) is 7.11 Å². The number of hydrogen-bond acceptors (Lipinski definition) is 6. The fourth-order valence-electron chi connectivity index (χ4n) is 2.52. The van der Waals surface area contributed by atoms with Crippen molar-refractivity contribution in [2.24, 2.45) is 0 Å². The molecule has 0 spiro atoms. The van der Waals surface area contributed by atoms with Crippen LogP contribution in [0.25, 0.3) is 0 Å². The van der Waals surface area contributed by atoms with Crippen LogP contribution in [0.1, 0.15) is 0 Å². The molecule has 0 atom stereocenters. The van der Waals surface area contributed by atoms with Crippen LogP contribution in [-0.4, -0.2) is 17.1 Å². The van der Waals surface area contributed by atoms with Crippen molar-refractivity contribution < 1.29 is 4.74 Å². The Bertz CT molecular complexity index is 999. The van der Waals surface area contributed by atoms with E-state index >= 15 is 0 Å². The summed E-state index contributed by atoms with van der Waals surface area (Å²) in [4.78, 5) is 13.8. The molecule has 6 heteroatoms. The van der Waals surface area contributed by atoms with Crippen LogP contribution in [-0.2, 0) is 0 Å². The van der Waals surface area contributed by atoms with E-state index in [2.05, 4.69) is 46.4 Å². The van der Waals surface area contributed by atoms with Crippen LogP contribution in [0.5, 0.6) is 6.01 Å². The lowest BCUT2D eigenvalue weighted by atomic mass is 10.4. The topological polar surface area (TPSA) is 35.0 Å². The van der Waals surface area contributed by atoms with Crippen molar-refractivity contribution >= 4 is 35.3 Å². The van der Waals surface area contributed by atoms with E-state index in [1.54, 1.807) is 42.4 Å². The van der Waals surface area contributed by atoms with E-state index in [1.165, 1.54) is 0 Å². The Labute approximate surface area is 183 Å². The maximum atomic E-state index is 5.42. The van der Waals surface area contributed by atoms with Crippen molar-refractivity contribution in [1.82, 2.24) is 9.97 Å². The normalized spacial score (nSPS) is 10.7. The van der Waals surface area contributed by atoms with Gasteiger partial charge in [0.2, 0.25) is 0 Å². The van der Waals surface area contributed by atoms with Crippen LogP contribution in [0.15, 0.2) is 121 Å². The monoisotopic (exact) mass is 434 g/mol. The van der Waals surface area contributed by atoms with Gasteiger partial charge in [0.1, 0.15) is 10.1 Å². The van der Waals surface area contributed by atoms with Gasteiger partial charge in [-0.1, -0.05) is 89.9 Å². The largest absolute Gasteiger partial charge is 0.467 e. The number of ether oxygens (including phenoxy) is 1. The maximum absolute atomic E-state index is 5.42. The first-order valence-electron chi connectivity index (χ1n) is 8.96. The number of aromatic nitrogens is 2. The van der Waals surface area contributed by atoms with Gasteiger partial charge in [0.05, 0.1) is 12.0 Å². The fourth-order valence-corrected chi connectivity index (χ4v) is 5.53. The Hall–Kier alpha value is -2.41. The molecule has 0 saturated carbocycles. The summed E-state index contributed by atoms with van der Waals surface area (Å²) in [6.07, 6.45) is 0. The van der Waals surface area contributed by atoms with Gasteiger partial charge in [0.25, 0.3) is 0 Å². The molecule has 0 aliphatic carbocycles. The average molecular weight is 435 g/mol. The second kappa shape index (κ2) is 9.87. The van der Waals surface area contributed by atoms with E-state index < -0.39 is 0 Å². The Morgan fingerprint density at radius 3 is 1.31 bits per heavy atom. The second-order valence-electron chi connectivity index (χ2n) is 5.90. The molecule has 0 unspecified atom stereocenters.